The lowest BCUT2D eigenvalue weighted by molar-refractivity contribution is -0.142. The van der Waals surface area contributed by atoms with E-state index in [9.17, 15) is 52.2 Å². The van der Waals surface area contributed by atoms with Crippen molar-refractivity contribution in [1.82, 2.24) is 78.4 Å². The number of imide groups is 1. The predicted octanol–water partition coefficient (Wildman–Crippen LogP) is 9.34. The van der Waals surface area contributed by atoms with Crippen molar-refractivity contribution in [2.45, 2.75) is 363 Å². The highest BCUT2D eigenvalue weighted by Crippen LogP contribution is 2.41. The van der Waals surface area contributed by atoms with Gasteiger partial charge in [-0.2, -0.15) is 0 Å². The van der Waals surface area contributed by atoms with Crippen LogP contribution in [-0.2, 0) is 38.3 Å². The number of hydrogen-bond acceptors (Lipinski definition) is 19. The Morgan fingerprint density at radius 3 is 0.941 bits per heavy atom. The Morgan fingerprint density at radius 2 is 0.655 bits per heavy atom. The molecular weight excluding hydrogens is 1520 g/mol. The lowest BCUT2D eigenvalue weighted by Crippen LogP contribution is -2.52. The first-order valence-corrected chi connectivity index (χ1v) is 47.1. The van der Waals surface area contributed by atoms with Crippen molar-refractivity contribution in [3.63, 3.8) is 0 Å². The van der Waals surface area contributed by atoms with Crippen molar-refractivity contribution < 1.29 is 57.0 Å². The van der Waals surface area contributed by atoms with E-state index in [0.29, 0.717) is 109 Å². The minimum absolute atomic E-state index is 0.0320. The highest BCUT2D eigenvalue weighted by atomic mass is 19.3. The molecule has 0 unspecified atom stereocenters. The fraction of sp³-hybridized carbons (Fsp3) is 0.912. The molecule has 16 rings (SSSR count). The lowest BCUT2D eigenvalue weighted by Gasteiger charge is -2.42. The van der Waals surface area contributed by atoms with Crippen molar-refractivity contribution in [3.05, 3.63) is 0 Å². The van der Waals surface area contributed by atoms with E-state index in [1.54, 1.807) is 13.8 Å². The molecule has 0 bridgehead atoms. The Labute approximate surface area is 716 Å². The maximum atomic E-state index is 13.6. The van der Waals surface area contributed by atoms with Crippen LogP contribution in [-0.4, -0.2) is 407 Å². The second-order valence-corrected chi connectivity index (χ2v) is 39.9. The third-order valence-corrected chi connectivity index (χ3v) is 29.7. The van der Waals surface area contributed by atoms with Crippen LogP contribution in [0.1, 0.15) is 261 Å². The van der Waals surface area contributed by atoms with E-state index >= 15 is 0 Å². The zero-order valence-corrected chi connectivity index (χ0v) is 77.3. The number of alkyl halides is 2. The number of likely N-dealkylation sites (tertiary alicyclic amines) is 15. The fourth-order valence-electron chi connectivity index (χ4n) is 22.0. The van der Waals surface area contributed by atoms with E-state index in [2.05, 4.69) is 169 Å². The van der Waals surface area contributed by atoms with E-state index in [1.165, 1.54) is 30.6 Å². The van der Waals surface area contributed by atoms with Gasteiger partial charge in [0, 0.05) is 135 Å². The standard InChI is InChI=1S/C13H24F2N2O.3C12H22N2O.2C11H20N2O.C10H18N2O2.C10H16N2O2/c1-12(2,18)11-8-13(14,15)9-17(11)10-4-6-16(3)7-5-10;1-12(2)7-4-11(15)14(12)10-5-8-13(3)9-6-10;2*1-3-10-4-5-12(15)14(10)11-6-8-13(2)9-7-11;2*1-9-3-4-11(14)13(9)10-5-7-12(2)8-6-10;1-8-7-14-10(13)12(8)9-3-5-11(2)6-4-9;1-11-6-4-8(5-7-11)12-9(13)2-3-10(12)14/h10-11,18H,4-9H2,1-3H3;10H,4-9H2,1-3H3;2*10-11H,3-9H2,1-2H3;2*9-10H,3-8H2,1-2H3;8-9H,3-7H2,1-2H3;8H,2-7H2,1H3/t11-;;2*10-;2*9-;8-;/m1.10101./s1. The van der Waals surface area contributed by atoms with Crippen molar-refractivity contribution >= 4 is 47.4 Å². The summed E-state index contributed by atoms with van der Waals surface area (Å²) >= 11 is 0. The molecule has 16 aliphatic rings. The SMILES string of the molecule is CC[C@@H]1CCC(=O)N1C1CCN(C)CC1.CC[C@H]1CCC(=O)N1C1CCN(C)CC1.CN1CCC(N2C(=O)CCC2(C)C)CC1.CN1CCC(N2C(=O)CCC2=O)CC1.CN1CCC(N2CC(F)(F)C[C@@H]2C(C)(C)O)CC1.C[C@@H]1CCC(=O)N1C1CCN(C)CC1.C[C@@H]1COC(=O)N1C1CCN(C)CC1.C[C@H]1CCC(=O)N1C1CCN(C)CC1. The highest BCUT2D eigenvalue weighted by molar-refractivity contribution is 6.02. The van der Waals surface area contributed by atoms with Crippen molar-refractivity contribution in [2.75, 3.05) is 174 Å². The minimum atomic E-state index is -2.66. The van der Waals surface area contributed by atoms with E-state index in [4.69, 9.17) is 4.74 Å². The molecule has 28 heteroatoms. The number of hydrogen-bond donors (Lipinski definition) is 1. The van der Waals surface area contributed by atoms with Gasteiger partial charge in [-0.3, -0.25) is 48.3 Å². The first-order chi connectivity index (χ1) is 56.4. The molecule has 0 aliphatic carbocycles. The van der Waals surface area contributed by atoms with Crippen LogP contribution < -0.4 is 0 Å². The van der Waals surface area contributed by atoms with Crippen molar-refractivity contribution in [3.8, 4) is 0 Å². The molecule has 0 aromatic carbocycles. The van der Waals surface area contributed by atoms with E-state index in [0.717, 1.165) is 259 Å². The molecule has 0 aromatic rings. The van der Waals surface area contributed by atoms with Crippen LogP contribution in [0.2, 0.25) is 0 Å². The summed E-state index contributed by atoms with van der Waals surface area (Å²) in [5.41, 5.74) is -0.971. The Hall–Kier alpha value is -4.78. The number of nitrogens with zero attached hydrogens (tertiary/aromatic N) is 16. The van der Waals surface area contributed by atoms with Gasteiger partial charge in [0.2, 0.25) is 41.4 Å². The summed E-state index contributed by atoms with van der Waals surface area (Å²) in [4.78, 5) is 128. The minimum Gasteiger partial charge on any atom is -0.447 e. The summed E-state index contributed by atoms with van der Waals surface area (Å²) < 4.78 is 32.3. The summed E-state index contributed by atoms with van der Waals surface area (Å²) in [5, 5.41) is 10.1. The van der Waals surface area contributed by atoms with Crippen LogP contribution in [0.15, 0.2) is 0 Å². The molecule has 0 spiro atoms. The molecule has 1 N–H and O–H groups in total. The van der Waals surface area contributed by atoms with Gasteiger partial charge in [-0.05, 0) is 357 Å². The molecule has 0 saturated carbocycles. The van der Waals surface area contributed by atoms with Gasteiger partial charge in [0.25, 0.3) is 5.92 Å². The maximum Gasteiger partial charge on any atom is 0.410 e. The van der Waals surface area contributed by atoms with Crippen LogP contribution in [0, 0.1) is 0 Å². The number of carbonyl (C=O) groups is 8. The smallest absolute Gasteiger partial charge is 0.410 e. The van der Waals surface area contributed by atoms with Gasteiger partial charge in [0.1, 0.15) is 6.61 Å². The molecule has 0 radical (unpaired) electrons. The molecule has 26 nitrogen and oxygen atoms in total. The van der Waals surface area contributed by atoms with E-state index in [1.807, 2.05) is 9.80 Å². The number of carbonyl (C=O) groups excluding carboxylic acids is 8. The first kappa shape index (κ1) is 98.0. The number of cyclic esters (lactones) is 1. The molecule has 16 heterocycles. The van der Waals surface area contributed by atoms with Gasteiger partial charge < -0.3 is 73.5 Å². The lowest BCUT2D eigenvalue weighted by atomic mass is 9.93. The van der Waals surface area contributed by atoms with Gasteiger partial charge in [-0.1, -0.05) is 13.8 Å². The van der Waals surface area contributed by atoms with Gasteiger partial charge >= 0.3 is 6.09 Å². The number of aliphatic hydroxyl groups is 1. The average molecular weight is 1680 g/mol. The number of rotatable bonds is 11. The van der Waals surface area contributed by atoms with Crippen molar-refractivity contribution in [2.24, 2.45) is 0 Å². The summed E-state index contributed by atoms with van der Waals surface area (Å²) in [6.07, 6.45) is 29.4. The number of halogens is 2. The zero-order chi connectivity index (χ0) is 86.8. The maximum absolute atomic E-state index is 13.6. The third kappa shape index (κ3) is 27.6. The van der Waals surface area contributed by atoms with Crippen LogP contribution >= 0.6 is 0 Å². The molecule has 16 aliphatic heterocycles. The Kier molecular flexibility index (Phi) is 37.4. The second kappa shape index (κ2) is 45.4. The molecule has 16 fully saturated rings. The number of ether oxygens (including phenoxy) is 1. The van der Waals surface area contributed by atoms with Gasteiger partial charge in [-0.15, -0.1) is 0 Å². The largest absolute Gasteiger partial charge is 0.447 e. The normalized spacial score (nSPS) is 30.2. The fourth-order valence-corrected chi connectivity index (χ4v) is 22.0. The Morgan fingerprint density at radius 1 is 0.361 bits per heavy atom. The average Bonchev–Trinajstić information content (AvgIpc) is 1.63. The van der Waals surface area contributed by atoms with Crippen molar-refractivity contribution in [1.29, 1.82) is 0 Å². The summed E-state index contributed by atoms with van der Waals surface area (Å²) in [6.45, 7) is 36.3. The zero-order valence-electron chi connectivity index (χ0n) is 77.3. The third-order valence-electron chi connectivity index (χ3n) is 29.7. The second-order valence-electron chi connectivity index (χ2n) is 39.9. The molecule has 0 aromatic heterocycles. The molecule has 8 amide bonds. The molecule has 682 valence electrons. The summed E-state index contributed by atoms with van der Waals surface area (Å²) in [7, 11) is 17.1. The first-order valence-electron chi connectivity index (χ1n) is 47.1. The quantitative estimate of drug-likeness (QED) is 0.191. The highest BCUT2D eigenvalue weighted by Gasteiger charge is 2.53. The molecule has 119 heavy (non-hydrogen) atoms. The van der Waals surface area contributed by atoms with Crippen LogP contribution in [0.3, 0.4) is 0 Å². The number of piperidine rings is 8. The Bertz CT molecular complexity index is 3000. The predicted molar refractivity (Wildman–Crippen MR) is 466 cm³/mol. The van der Waals surface area contributed by atoms with E-state index < -0.39 is 17.6 Å². The van der Waals surface area contributed by atoms with E-state index in [-0.39, 0.29) is 54.5 Å². The van der Waals surface area contributed by atoms with Crippen LogP contribution in [0.4, 0.5) is 13.6 Å². The molecule has 16 saturated heterocycles. The monoisotopic (exact) mass is 1680 g/mol. The topological polar surface area (TPSA) is 218 Å². The summed E-state index contributed by atoms with van der Waals surface area (Å²) in [5.74, 6) is -0.663. The van der Waals surface area contributed by atoms with Crippen LogP contribution in [0.5, 0.6) is 0 Å². The number of amides is 8. The Balaban J connectivity index is 0.000000155. The van der Waals surface area contributed by atoms with Gasteiger partial charge in [0.15, 0.2) is 0 Å². The van der Waals surface area contributed by atoms with Crippen LogP contribution in [0.25, 0.3) is 0 Å². The molecule has 6 atom stereocenters. The van der Waals surface area contributed by atoms with Gasteiger partial charge in [0.05, 0.1) is 18.2 Å². The molecular formula is C91H164F2N16O10. The summed E-state index contributed by atoms with van der Waals surface area (Å²) in [6, 6.07) is 5.22. The van der Waals surface area contributed by atoms with Gasteiger partial charge in [-0.25, -0.2) is 13.6 Å².